The number of ether oxygens (including phenoxy) is 3. The van der Waals surface area contributed by atoms with E-state index < -0.39 is 30.4 Å². The molecule has 10 nitrogen and oxygen atoms in total. The third-order valence-electron chi connectivity index (χ3n) is 5.22. The average molecular weight is 479 g/mol. The van der Waals surface area contributed by atoms with Crippen LogP contribution in [0.3, 0.4) is 0 Å². The maximum Gasteiger partial charge on any atom is 0.342 e. The van der Waals surface area contributed by atoms with E-state index in [0.717, 1.165) is 5.56 Å². The van der Waals surface area contributed by atoms with Crippen molar-refractivity contribution in [1.29, 1.82) is 0 Å². The van der Waals surface area contributed by atoms with Gasteiger partial charge in [0, 0.05) is 0 Å². The number of hydrogen-bond acceptors (Lipinski definition) is 8. The van der Waals surface area contributed by atoms with E-state index in [1.807, 2.05) is 30.3 Å². The highest BCUT2D eigenvalue weighted by Crippen LogP contribution is 2.20. The van der Waals surface area contributed by atoms with Gasteiger partial charge in [-0.3, -0.25) is 9.48 Å². The van der Waals surface area contributed by atoms with E-state index >= 15 is 0 Å². The lowest BCUT2D eigenvalue weighted by Gasteiger charge is -2.12. The molecular formula is C25H25N3O7. The fourth-order valence-electron chi connectivity index (χ4n) is 3.47. The van der Waals surface area contributed by atoms with Gasteiger partial charge in [-0.25, -0.2) is 14.4 Å². The molecule has 0 radical (unpaired) electrons. The number of nitrogens with zero attached hydrogens (tertiary/aromatic N) is 2. The second-order valence-corrected chi connectivity index (χ2v) is 7.56. The quantitative estimate of drug-likeness (QED) is 0.386. The zero-order valence-electron chi connectivity index (χ0n) is 19.8. The maximum absolute atomic E-state index is 12.7. The minimum absolute atomic E-state index is 0.0174. The van der Waals surface area contributed by atoms with Crippen molar-refractivity contribution >= 4 is 29.5 Å². The van der Waals surface area contributed by atoms with Crippen molar-refractivity contribution in [3.05, 3.63) is 82.2 Å². The summed E-state index contributed by atoms with van der Waals surface area (Å²) in [5, 5.41) is 6.89. The molecule has 0 saturated heterocycles. The van der Waals surface area contributed by atoms with Gasteiger partial charge in [0.05, 0.1) is 49.0 Å². The first-order chi connectivity index (χ1) is 16.7. The zero-order chi connectivity index (χ0) is 25.5. The molecule has 1 aromatic heterocycles. The molecule has 10 heteroatoms. The first-order valence-electron chi connectivity index (χ1n) is 10.6. The average Bonchev–Trinajstić information content (AvgIpc) is 3.14. The molecule has 2 aromatic carbocycles. The summed E-state index contributed by atoms with van der Waals surface area (Å²) in [5.41, 5.74) is 2.53. The second kappa shape index (κ2) is 11.1. The number of aromatic nitrogens is 2. The van der Waals surface area contributed by atoms with Gasteiger partial charge >= 0.3 is 17.9 Å². The number of carbonyl (C=O) groups is 4. The SMILES string of the molecule is COC(=O)c1ccc(C(=O)OC)c(NC(=O)COC(=O)c2c(C)nn(Cc3ccccc3)c2C)c1. The summed E-state index contributed by atoms with van der Waals surface area (Å²) in [6.07, 6.45) is 0. The Morgan fingerprint density at radius 3 is 2.26 bits per heavy atom. The molecule has 1 amide bonds. The number of benzene rings is 2. The van der Waals surface area contributed by atoms with Crippen molar-refractivity contribution in [3.8, 4) is 0 Å². The van der Waals surface area contributed by atoms with Gasteiger partial charge in [0.15, 0.2) is 6.61 Å². The fourth-order valence-corrected chi connectivity index (χ4v) is 3.47. The Labute approximate surface area is 201 Å². The number of rotatable bonds is 8. The molecule has 0 fully saturated rings. The van der Waals surface area contributed by atoms with Crippen LogP contribution in [0.2, 0.25) is 0 Å². The Morgan fingerprint density at radius 2 is 1.60 bits per heavy atom. The molecule has 0 unspecified atom stereocenters. The normalized spacial score (nSPS) is 10.4. The molecule has 3 aromatic rings. The summed E-state index contributed by atoms with van der Waals surface area (Å²) in [5.74, 6) is -2.78. The van der Waals surface area contributed by atoms with E-state index in [1.165, 1.54) is 32.4 Å². The van der Waals surface area contributed by atoms with Crippen molar-refractivity contribution in [2.75, 3.05) is 26.1 Å². The predicted octanol–water partition coefficient (Wildman–Crippen LogP) is 2.92. The first kappa shape index (κ1) is 25.2. The lowest BCUT2D eigenvalue weighted by molar-refractivity contribution is -0.119. The number of esters is 3. The van der Waals surface area contributed by atoms with Gasteiger partial charge in [-0.05, 0) is 37.6 Å². The zero-order valence-corrected chi connectivity index (χ0v) is 19.8. The van der Waals surface area contributed by atoms with E-state index in [2.05, 4.69) is 15.2 Å². The maximum atomic E-state index is 12.7. The van der Waals surface area contributed by atoms with Gasteiger partial charge in [0.2, 0.25) is 0 Å². The molecule has 35 heavy (non-hydrogen) atoms. The lowest BCUT2D eigenvalue weighted by Crippen LogP contribution is -2.23. The van der Waals surface area contributed by atoms with Gasteiger partial charge in [0.25, 0.3) is 5.91 Å². The van der Waals surface area contributed by atoms with Crippen LogP contribution in [0.1, 0.15) is 48.0 Å². The Morgan fingerprint density at radius 1 is 0.914 bits per heavy atom. The van der Waals surface area contributed by atoms with Crippen molar-refractivity contribution < 1.29 is 33.4 Å². The van der Waals surface area contributed by atoms with Crippen LogP contribution in [0.15, 0.2) is 48.5 Å². The number of aryl methyl sites for hydroxylation is 1. The first-order valence-corrected chi connectivity index (χ1v) is 10.6. The van der Waals surface area contributed by atoms with Crippen LogP contribution in [-0.4, -0.2) is 54.4 Å². The number of methoxy groups -OCH3 is 2. The van der Waals surface area contributed by atoms with Crippen LogP contribution >= 0.6 is 0 Å². The number of nitrogens with one attached hydrogen (secondary N) is 1. The minimum atomic E-state index is -0.717. The Kier molecular flexibility index (Phi) is 7.98. The summed E-state index contributed by atoms with van der Waals surface area (Å²) < 4.78 is 16.3. The number of carbonyl (C=O) groups excluding carboxylic acids is 4. The molecule has 0 saturated carbocycles. The molecule has 0 spiro atoms. The van der Waals surface area contributed by atoms with Crippen LogP contribution < -0.4 is 5.32 Å². The van der Waals surface area contributed by atoms with E-state index in [9.17, 15) is 19.2 Å². The molecular weight excluding hydrogens is 454 g/mol. The van der Waals surface area contributed by atoms with Gasteiger partial charge in [-0.15, -0.1) is 0 Å². The van der Waals surface area contributed by atoms with Crippen molar-refractivity contribution in [2.45, 2.75) is 20.4 Å². The summed E-state index contributed by atoms with van der Waals surface area (Å²) in [6, 6.07) is 13.6. The summed E-state index contributed by atoms with van der Waals surface area (Å²) in [4.78, 5) is 49.1. The van der Waals surface area contributed by atoms with Crippen molar-refractivity contribution in [1.82, 2.24) is 9.78 Å². The monoisotopic (exact) mass is 479 g/mol. The molecule has 3 rings (SSSR count). The predicted molar refractivity (Wildman–Crippen MR) is 125 cm³/mol. The Balaban J connectivity index is 1.71. The van der Waals surface area contributed by atoms with Crippen LogP contribution in [-0.2, 0) is 25.5 Å². The van der Waals surface area contributed by atoms with Crippen LogP contribution in [0, 0.1) is 13.8 Å². The molecule has 1 N–H and O–H groups in total. The van der Waals surface area contributed by atoms with Crippen molar-refractivity contribution in [2.24, 2.45) is 0 Å². The van der Waals surface area contributed by atoms with Gasteiger partial charge < -0.3 is 19.5 Å². The fraction of sp³-hybridized carbons (Fsp3) is 0.240. The molecule has 0 aliphatic rings. The number of hydrogen-bond donors (Lipinski definition) is 1. The van der Waals surface area contributed by atoms with E-state index in [4.69, 9.17) is 9.47 Å². The molecule has 0 bridgehead atoms. The van der Waals surface area contributed by atoms with Crippen LogP contribution in [0.5, 0.6) is 0 Å². The molecule has 0 aliphatic carbocycles. The van der Waals surface area contributed by atoms with E-state index in [1.54, 1.807) is 18.5 Å². The Hall–Kier alpha value is -4.47. The second-order valence-electron chi connectivity index (χ2n) is 7.56. The highest BCUT2D eigenvalue weighted by molar-refractivity contribution is 6.04. The van der Waals surface area contributed by atoms with Crippen LogP contribution in [0.25, 0.3) is 0 Å². The largest absolute Gasteiger partial charge is 0.465 e. The third-order valence-corrected chi connectivity index (χ3v) is 5.22. The standard InChI is InChI=1S/C25H25N3O7/c1-15-22(16(2)28(27-15)13-17-8-6-5-7-9-17)25(32)35-14-21(29)26-20-12-18(23(30)33-3)10-11-19(20)24(31)34-4/h5-12H,13-14H2,1-4H3,(H,26,29). The van der Waals surface area contributed by atoms with E-state index in [0.29, 0.717) is 17.9 Å². The number of amides is 1. The van der Waals surface area contributed by atoms with Crippen LogP contribution in [0.4, 0.5) is 5.69 Å². The molecule has 0 atom stereocenters. The molecule has 1 heterocycles. The highest BCUT2D eigenvalue weighted by Gasteiger charge is 2.22. The summed E-state index contributed by atoms with van der Waals surface area (Å²) >= 11 is 0. The topological polar surface area (TPSA) is 126 Å². The lowest BCUT2D eigenvalue weighted by atomic mass is 10.1. The summed E-state index contributed by atoms with van der Waals surface area (Å²) in [7, 11) is 2.40. The number of anilines is 1. The van der Waals surface area contributed by atoms with E-state index in [-0.39, 0.29) is 22.4 Å². The molecule has 0 aliphatic heterocycles. The van der Waals surface area contributed by atoms with Gasteiger partial charge in [0.1, 0.15) is 5.56 Å². The smallest absolute Gasteiger partial charge is 0.342 e. The minimum Gasteiger partial charge on any atom is -0.465 e. The third kappa shape index (κ3) is 5.91. The van der Waals surface area contributed by atoms with Crippen molar-refractivity contribution in [3.63, 3.8) is 0 Å². The Bertz CT molecular complexity index is 1270. The van der Waals surface area contributed by atoms with Gasteiger partial charge in [-0.2, -0.15) is 5.10 Å². The van der Waals surface area contributed by atoms with Gasteiger partial charge in [-0.1, -0.05) is 30.3 Å². The molecule has 182 valence electrons. The summed E-state index contributed by atoms with van der Waals surface area (Å²) in [6.45, 7) is 3.30. The highest BCUT2D eigenvalue weighted by atomic mass is 16.5.